The molecule has 0 bridgehead atoms. The van der Waals surface area contributed by atoms with Gasteiger partial charge in [0.15, 0.2) is 10.8 Å². The molecule has 4 aromatic rings. The van der Waals surface area contributed by atoms with Crippen molar-refractivity contribution < 1.29 is 9.53 Å². The summed E-state index contributed by atoms with van der Waals surface area (Å²) in [6.07, 6.45) is 0.637. The Bertz CT molecular complexity index is 1220. The fraction of sp³-hybridized carbons (Fsp3) is 0.350. The maximum Gasteiger partial charge on any atom is 0.239 e. The number of carbonyl (C=O) groups is 1. The third kappa shape index (κ3) is 3.90. The number of hydrogen-bond donors (Lipinski definition) is 1. The van der Waals surface area contributed by atoms with Crippen LogP contribution in [0.4, 0.5) is 5.13 Å². The lowest BCUT2D eigenvalue weighted by atomic mass is 10.1. The topological polar surface area (TPSA) is 94.3 Å². The van der Waals surface area contributed by atoms with Crippen LogP contribution in [0.3, 0.4) is 0 Å². The number of carbonyl (C=O) groups excluding carboxylic acids is 1. The standard InChI is InChI=1S/C20H22N6O2S2/c1-5-14(18(27)21-19-24-23-16(30-19)10-28-4)29-20-25-22-15-9-12(3)13-8-6-7-11(2)17(13)26(15)20/h6-9,14H,5,10H2,1-4H3,(H,21,24,27). The molecule has 0 fully saturated rings. The van der Waals surface area contributed by atoms with Crippen LogP contribution in [0.25, 0.3) is 16.6 Å². The average molecular weight is 443 g/mol. The van der Waals surface area contributed by atoms with Gasteiger partial charge >= 0.3 is 0 Å². The van der Waals surface area contributed by atoms with E-state index in [-0.39, 0.29) is 11.2 Å². The van der Waals surface area contributed by atoms with Crippen LogP contribution < -0.4 is 5.32 Å². The normalized spacial score (nSPS) is 12.5. The molecule has 1 N–H and O–H groups in total. The highest BCUT2D eigenvalue weighted by Crippen LogP contribution is 2.31. The molecule has 1 amide bonds. The van der Waals surface area contributed by atoms with Crippen LogP contribution in [0.15, 0.2) is 29.4 Å². The number of methoxy groups -OCH3 is 1. The molecule has 4 rings (SSSR count). The molecule has 3 heterocycles. The molecule has 1 unspecified atom stereocenters. The number of aromatic nitrogens is 5. The maximum absolute atomic E-state index is 12.9. The molecule has 0 radical (unpaired) electrons. The number of nitrogens with one attached hydrogen (secondary N) is 1. The summed E-state index contributed by atoms with van der Waals surface area (Å²) in [4.78, 5) is 12.9. The van der Waals surface area contributed by atoms with Crippen LogP contribution in [0.5, 0.6) is 0 Å². The third-order valence-electron chi connectivity index (χ3n) is 4.77. The number of aryl methyl sites for hydroxylation is 2. The number of anilines is 1. The smallest absolute Gasteiger partial charge is 0.239 e. The summed E-state index contributed by atoms with van der Waals surface area (Å²) in [5, 5.41) is 22.3. The molecule has 1 atom stereocenters. The summed E-state index contributed by atoms with van der Waals surface area (Å²) < 4.78 is 7.09. The van der Waals surface area contributed by atoms with Gasteiger partial charge in [0.2, 0.25) is 11.0 Å². The molecule has 0 aliphatic carbocycles. The molecule has 0 saturated carbocycles. The summed E-state index contributed by atoms with van der Waals surface area (Å²) in [5.41, 5.74) is 4.14. The molecule has 0 saturated heterocycles. The van der Waals surface area contributed by atoms with E-state index in [1.165, 1.54) is 23.1 Å². The van der Waals surface area contributed by atoms with Crippen molar-refractivity contribution in [1.82, 2.24) is 24.8 Å². The zero-order chi connectivity index (χ0) is 21.3. The van der Waals surface area contributed by atoms with Crippen molar-refractivity contribution >= 4 is 50.7 Å². The fourth-order valence-corrected chi connectivity index (χ4v) is 5.01. The van der Waals surface area contributed by atoms with Crippen molar-refractivity contribution in [3.05, 3.63) is 40.4 Å². The van der Waals surface area contributed by atoms with Crippen molar-refractivity contribution in [3.63, 3.8) is 0 Å². The zero-order valence-electron chi connectivity index (χ0n) is 17.2. The van der Waals surface area contributed by atoms with Crippen LogP contribution >= 0.6 is 23.1 Å². The van der Waals surface area contributed by atoms with Gasteiger partial charge in [-0.05, 0) is 37.5 Å². The van der Waals surface area contributed by atoms with E-state index in [1.807, 2.05) is 17.4 Å². The number of para-hydroxylation sites is 1. The lowest BCUT2D eigenvalue weighted by Gasteiger charge is -2.14. The van der Waals surface area contributed by atoms with E-state index in [1.54, 1.807) is 7.11 Å². The second kappa shape index (κ2) is 8.66. The van der Waals surface area contributed by atoms with Gasteiger partial charge in [0, 0.05) is 12.5 Å². The zero-order valence-corrected chi connectivity index (χ0v) is 18.8. The molecule has 8 nitrogen and oxygen atoms in total. The predicted molar refractivity (Wildman–Crippen MR) is 119 cm³/mol. The monoisotopic (exact) mass is 442 g/mol. The number of fused-ring (bicyclic) bond motifs is 3. The van der Waals surface area contributed by atoms with E-state index >= 15 is 0 Å². The molecule has 0 spiro atoms. The van der Waals surface area contributed by atoms with Gasteiger partial charge in [-0.1, -0.05) is 48.2 Å². The summed E-state index contributed by atoms with van der Waals surface area (Å²) in [6, 6.07) is 8.25. The van der Waals surface area contributed by atoms with E-state index in [9.17, 15) is 4.79 Å². The van der Waals surface area contributed by atoms with E-state index < -0.39 is 0 Å². The molecular formula is C20H22N6O2S2. The number of amides is 1. The van der Waals surface area contributed by atoms with Crippen molar-refractivity contribution in [2.24, 2.45) is 0 Å². The summed E-state index contributed by atoms with van der Waals surface area (Å²) in [5.74, 6) is -0.132. The van der Waals surface area contributed by atoms with Crippen LogP contribution in [0.2, 0.25) is 0 Å². The summed E-state index contributed by atoms with van der Waals surface area (Å²) in [7, 11) is 1.60. The Morgan fingerprint density at radius 1 is 1.23 bits per heavy atom. The van der Waals surface area contributed by atoms with Crippen molar-refractivity contribution in [1.29, 1.82) is 0 Å². The van der Waals surface area contributed by atoms with Gasteiger partial charge in [-0.25, -0.2) is 0 Å². The number of nitrogens with zero attached hydrogens (tertiary/aromatic N) is 5. The average Bonchev–Trinajstić information content (AvgIpc) is 3.33. The number of hydrogen-bond acceptors (Lipinski definition) is 8. The van der Waals surface area contributed by atoms with E-state index in [4.69, 9.17) is 4.74 Å². The Labute approximate surface area is 182 Å². The number of pyridine rings is 1. The fourth-order valence-electron chi connectivity index (χ4n) is 3.33. The highest BCUT2D eigenvalue weighted by molar-refractivity contribution is 8.00. The number of thioether (sulfide) groups is 1. The molecule has 0 aliphatic rings. The van der Waals surface area contributed by atoms with Crippen molar-refractivity contribution in [2.75, 3.05) is 12.4 Å². The van der Waals surface area contributed by atoms with Crippen LogP contribution in [0.1, 0.15) is 29.5 Å². The van der Waals surface area contributed by atoms with Crippen LogP contribution in [-0.4, -0.2) is 43.1 Å². The second-order valence-corrected chi connectivity index (χ2v) is 9.14. The lowest BCUT2D eigenvalue weighted by molar-refractivity contribution is -0.115. The highest BCUT2D eigenvalue weighted by Gasteiger charge is 2.23. The maximum atomic E-state index is 12.9. The lowest BCUT2D eigenvalue weighted by Crippen LogP contribution is -2.24. The Kier molecular flexibility index (Phi) is 5.98. The molecular weight excluding hydrogens is 420 g/mol. The second-order valence-electron chi connectivity index (χ2n) is 6.91. The molecule has 1 aromatic carbocycles. The SMILES string of the molecule is CCC(Sc1nnc2cc(C)c3cccc(C)c3n12)C(=O)Nc1nnc(COC)s1. The Morgan fingerprint density at radius 3 is 2.83 bits per heavy atom. The van der Waals surface area contributed by atoms with Gasteiger partial charge in [0.25, 0.3) is 0 Å². The Morgan fingerprint density at radius 2 is 2.07 bits per heavy atom. The largest absolute Gasteiger partial charge is 0.377 e. The summed E-state index contributed by atoms with van der Waals surface area (Å²) >= 11 is 2.72. The predicted octanol–water partition coefficient (Wildman–Crippen LogP) is 4.01. The quantitative estimate of drug-likeness (QED) is 0.432. The minimum atomic E-state index is -0.340. The van der Waals surface area contributed by atoms with Gasteiger partial charge in [0.05, 0.1) is 10.8 Å². The molecule has 10 heteroatoms. The first-order valence-electron chi connectivity index (χ1n) is 9.54. The van der Waals surface area contributed by atoms with Gasteiger partial charge in [-0.2, -0.15) is 0 Å². The number of rotatable bonds is 7. The van der Waals surface area contributed by atoms with Crippen LogP contribution in [-0.2, 0) is 16.1 Å². The minimum Gasteiger partial charge on any atom is -0.377 e. The van der Waals surface area contributed by atoms with E-state index in [0.717, 1.165) is 27.7 Å². The minimum absolute atomic E-state index is 0.132. The van der Waals surface area contributed by atoms with Crippen molar-refractivity contribution in [2.45, 2.75) is 44.2 Å². The van der Waals surface area contributed by atoms with Gasteiger partial charge in [0.1, 0.15) is 11.6 Å². The van der Waals surface area contributed by atoms with E-state index in [0.29, 0.717) is 28.3 Å². The summed E-state index contributed by atoms with van der Waals surface area (Å²) in [6.45, 7) is 6.50. The molecule has 3 aromatic heterocycles. The van der Waals surface area contributed by atoms with Gasteiger partial charge in [-0.3, -0.25) is 14.5 Å². The number of benzene rings is 1. The molecule has 0 aliphatic heterocycles. The first-order valence-corrected chi connectivity index (χ1v) is 11.2. The first kappa shape index (κ1) is 20.7. The Balaban J connectivity index is 1.64. The third-order valence-corrected chi connectivity index (χ3v) is 6.89. The molecule has 30 heavy (non-hydrogen) atoms. The first-order chi connectivity index (χ1) is 14.5. The van der Waals surface area contributed by atoms with Crippen molar-refractivity contribution in [3.8, 4) is 0 Å². The van der Waals surface area contributed by atoms with E-state index in [2.05, 4.69) is 57.8 Å². The van der Waals surface area contributed by atoms with Crippen LogP contribution in [0, 0.1) is 13.8 Å². The van der Waals surface area contributed by atoms with Gasteiger partial charge in [-0.15, -0.1) is 20.4 Å². The molecule has 156 valence electrons. The Hall–Kier alpha value is -2.56. The number of ether oxygens (including phenoxy) is 1. The van der Waals surface area contributed by atoms with Gasteiger partial charge < -0.3 is 4.74 Å². The highest BCUT2D eigenvalue weighted by atomic mass is 32.2.